The Morgan fingerprint density at radius 1 is 1.08 bits per heavy atom. The highest BCUT2D eigenvalue weighted by atomic mass is 16.5. The van der Waals surface area contributed by atoms with Gasteiger partial charge in [0.2, 0.25) is 0 Å². The largest absolute Gasteiger partial charge is 0.506 e. The Morgan fingerprint density at radius 3 is 2.46 bits per heavy atom. The number of amides is 1. The Kier molecular flexibility index (Phi) is 5.16. The van der Waals surface area contributed by atoms with E-state index in [-0.39, 0.29) is 29.0 Å². The van der Waals surface area contributed by atoms with E-state index in [2.05, 4.69) is 10.1 Å². The molecule has 0 radical (unpaired) electrons. The summed E-state index contributed by atoms with van der Waals surface area (Å²) in [5, 5.41) is 21.1. The lowest BCUT2D eigenvalue weighted by Crippen LogP contribution is -2.13. The first-order valence-electron chi connectivity index (χ1n) is 6.94. The van der Waals surface area contributed by atoms with E-state index < -0.39 is 17.8 Å². The molecule has 0 unspecified atom stereocenters. The van der Waals surface area contributed by atoms with E-state index in [9.17, 15) is 19.5 Å². The Morgan fingerprint density at radius 2 is 1.79 bits per heavy atom. The quantitative estimate of drug-likeness (QED) is 0.571. The van der Waals surface area contributed by atoms with E-state index in [1.165, 1.54) is 49.6 Å². The third-order valence-electron chi connectivity index (χ3n) is 3.21. The van der Waals surface area contributed by atoms with Gasteiger partial charge in [0.15, 0.2) is 0 Å². The highest BCUT2D eigenvalue weighted by Crippen LogP contribution is 2.25. The number of hydrogen-bond donors (Lipinski definition) is 3. The van der Waals surface area contributed by atoms with Crippen molar-refractivity contribution in [2.45, 2.75) is 6.42 Å². The summed E-state index contributed by atoms with van der Waals surface area (Å²) in [4.78, 5) is 34.5. The molecule has 7 nitrogen and oxygen atoms in total. The number of nitrogens with one attached hydrogen (secondary N) is 1. The predicted molar refractivity (Wildman–Crippen MR) is 85.2 cm³/mol. The van der Waals surface area contributed by atoms with Gasteiger partial charge in [-0.2, -0.15) is 0 Å². The van der Waals surface area contributed by atoms with Gasteiger partial charge < -0.3 is 20.3 Å². The maximum atomic E-state index is 12.3. The zero-order chi connectivity index (χ0) is 17.7. The van der Waals surface area contributed by atoms with Gasteiger partial charge in [0.1, 0.15) is 5.75 Å². The van der Waals surface area contributed by atoms with Crippen LogP contribution in [-0.4, -0.2) is 35.2 Å². The predicted octanol–water partition coefficient (Wildman–Crippen LogP) is 2.06. The van der Waals surface area contributed by atoms with Crippen molar-refractivity contribution in [1.29, 1.82) is 0 Å². The molecule has 7 heteroatoms. The first kappa shape index (κ1) is 17.0. The lowest BCUT2D eigenvalue weighted by Gasteiger charge is -2.09. The summed E-state index contributed by atoms with van der Waals surface area (Å²) in [5.41, 5.74) is 0.927. The zero-order valence-corrected chi connectivity index (χ0v) is 12.8. The molecule has 0 saturated heterocycles. The number of aromatic hydroxyl groups is 1. The van der Waals surface area contributed by atoms with Crippen molar-refractivity contribution in [3.63, 3.8) is 0 Å². The molecular formula is C17H15NO6. The molecule has 0 aliphatic carbocycles. The van der Waals surface area contributed by atoms with E-state index in [4.69, 9.17) is 5.11 Å². The summed E-state index contributed by atoms with van der Waals surface area (Å²) in [7, 11) is 1.24. The van der Waals surface area contributed by atoms with Crippen LogP contribution in [0.4, 0.5) is 5.69 Å². The number of benzene rings is 2. The first-order chi connectivity index (χ1) is 11.4. The number of phenolic OH excluding ortho intramolecular Hbond substituents is 1. The van der Waals surface area contributed by atoms with Crippen LogP contribution >= 0.6 is 0 Å². The number of ether oxygens (including phenoxy) is 1. The number of hydrogen-bond acceptors (Lipinski definition) is 5. The minimum atomic E-state index is -1.02. The summed E-state index contributed by atoms with van der Waals surface area (Å²) in [6.45, 7) is 0. The molecule has 0 bridgehead atoms. The molecule has 2 rings (SSSR count). The molecule has 0 fully saturated rings. The van der Waals surface area contributed by atoms with Crippen LogP contribution in [0.2, 0.25) is 0 Å². The monoisotopic (exact) mass is 329 g/mol. The number of rotatable bonds is 5. The average Bonchev–Trinajstić information content (AvgIpc) is 2.56. The van der Waals surface area contributed by atoms with Crippen molar-refractivity contribution >= 4 is 23.5 Å². The molecule has 0 aliphatic rings. The fourth-order valence-corrected chi connectivity index (χ4v) is 2.07. The molecule has 0 aliphatic heterocycles. The third kappa shape index (κ3) is 4.10. The van der Waals surface area contributed by atoms with Crippen LogP contribution in [0.5, 0.6) is 5.75 Å². The molecule has 24 heavy (non-hydrogen) atoms. The molecule has 0 aromatic heterocycles. The molecule has 124 valence electrons. The molecule has 2 aromatic carbocycles. The Hall–Kier alpha value is -3.35. The molecule has 0 spiro atoms. The number of carboxylic acid groups (broad SMARTS) is 1. The van der Waals surface area contributed by atoms with Crippen molar-refractivity contribution in [1.82, 2.24) is 0 Å². The molecule has 0 saturated carbocycles. The minimum Gasteiger partial charge on any atom is -0.506 e. The standard InChI is InChI=1S/C17H15NO6/c1-24-17(23)12-4-2-3-11(9-12)16(22)18-13-7-10(8-15(20)21)5-6-14(13)19/h2-7,9,19H,8H2,1H3,(H,18,22)(H,20,21). The van der Waals surface area contributed by atoms with E-state index in [1.807, 2.05) is 0 Å². The van der Waals surface area contributed by atoms with Gasteiger partial charge in [0.25, 0.3) is 5.91 Å². The molecule has 3 N–H and O–H groups in total. The van der Waals surface area contributed by atoms with Gasteiger partial charge in [-0.15, -0.1) is 0 Å². The number of phenols is 1. The maximum absolute atomic E-state index is 12.3. The fraction of sp³-hybridized carbons (Fsp3) is 0.118. The van der Waals surface area contributed by atoms with Gasteiger partial charge in [0.05, 0.1) is 24.8 Å². The summed E-state index contributed by atoms with van der Waals surface area (Å²) in [6, 6.07) is 10.0. The molecule has 0 heterocycles. The van der Waals surface area contributed by atoms with Crippen LogP contribution in [0.1, 0.15) is 26.3 Å². The SMILES string of the molecule is COC(=O)c1cccc(C(=O)Nc2cc(CC(=O)O)ccc2O)c1. The first-order valence-corrected chi connectivity index (χ1v) is 6.94. The van der Waals surface area contributed by atoms with Crippen molar-refractivity contribution in [2.75, 3.05) is 12.4 Å². The van der Waals surface area contributed by atoms with Crippen LogP contribution in [0, 0.1) is 0 Å². The van der Waals surface area contributed by atoms with Gasteiger partial charge in [-0.05, 0) is 35.9 Å². The molecule has 0 atom stereocenters. The number of carbonyl (C=O) groups excluding carboxylic acids is 2. The number of methoxy groups -OCH3 is 1. The van der Waals surface area contributed by atoms with Crippen molar-refractivity contribution in [2.24, 2.45) is 0 Å². The minimum absolute atomic E-state index is 0.0854. The van der Waals surface area contributed by atoms with E-state index >= 15 is 0 Å². The van der Waals surface area contributed by atoms with Gasteiger partial charge in [0, 0.05) is 5.56 Å². The van der Waals surface area contributed by atoms with Crippen molar-refractivity contribution in [3.05, 3.63) is 59.2 Å². The highest BCUT2D eigenvalue weighted by Gasteiger charge is 2.13. The van der Waals surface area contributed by atoms with Crippen LogP contribution in [0.25, 0.3) is 0 Å². The fourth-order valence-electron chi connectivity index (χ4n) is 2.07. The molecule has 1 amide bonds. The van der Waals surface area contributed by atoms with Crippen LogP contribution in [0.3, 0.4) is 0 Å². The number of anilines is 1. The summed E-state index contributed by atoms with van der Waals surface area (Å²) < 4.78 is 4.59. The Bertz CT molecular complexity index is 799. The smallest absolute Gasteiger partial charge is 0.337 e. The Labute approximate surface area is 137 Å². The number of aliphatic carboxylic acids is 1. The van der Waals surface area contributed by atoms with Gasteiger partial charge >= 0.3 is 11.9 Å². The lowest BCUT2D eigenvalue weighted by atomic mass is 10.1. The maximum Gasteiger partial charge on any atom is 0.337 e. The molecular weight excluding hydrogens is 314 g/mol. The molecule has 2 aromatic rings. The van der Waals surface area contributed by atoms with E-state index in [1.54, 1.807) is 0 Å². The number of carbonyl (C=O) groups is 3. The Balaban J connectivity index is 2.23. The highest BCUT2D eigenvalue weighted by molar-refractivity contribution is 6.06. The summed E-state index contributed by atoms with van der Waals surface area (Å²) >= 11 is 0. The van der Waals surface area contributed by atoms with E-state index in [0.29, 0.717) is 5.56 Å². The van der Waals surface area contributed by atoms with Crippen LogP contribution in [0.15, 0.2) is 42.5 Å². The lowest BCUT2D eigenvalue weighted by molar-refractivity contribution is -0.136. The average molecular weight is 329 g/mol. The van der Waals surface area contributed by atoms with Gasteiger partial charge in [-0.3, -0.25) is 9.59 Å². The number of carboxylic acids is 1. The van der Waals surface area contributed by atoms with E-state index in [0.717, 1.165) is 0 Å². The normalized spacial score (nSPS) is 10.0. The van der Waals surface area contributed by atoms with Crippen LogP contribution in [-0.2, 0) is 16.0 Å². The van der Waals surface area contributed by atoms with Crippen molar-refractivity contribution in [3.8, 4) is 5.75 Å². The number of esters is 1. The second-order valence-corrected chi connectivity index (χ2v) is 4.95. The van der Waals surface area contributed by atoms with Crippen molar-refractivity contribution < 1.29 is 29.3 Å². The summed E-state index contributed by atoms with van der Waals surface area (Å²) in [5.74, 6) is -2.34. The third-order valence-corrected chi connectivity index (χ3v) is 3.21. The van der Waals surface area contributed by atoms with Crippen LogP contribution < -0.4 is 5.32 Å². The second-order valence-electron chi connectivity index (χ2n) is 4.95. The topological polar surface area (TPSA) is 113 Å². The summed E-state index contributed by atoms with van der Waals surface area (Å²) in [6.07, 6.45) is -0.235. The van der Waals surface area contributed by atoms with Gasteiger partial charge in [-0.1, -0.05) is 12.1 Å². The second kappa shape index (κ2) is 7.28. The zero-order valence-electron chi connectivity index (χ0n) is 12.8. The van der Waals surface area contributed by atoms with Gasteiger partial charge in [-0.25, -0.2) is 4.79 Å².